The normalized spacial score (nSPS) is 13.6. The molecular formula is C66H70N4O. The summed E-state index contributed by atoms with van der Waals surface area (Å²) in [4.78, 5) is 9.94. The van der Waals surface area contributed by atoms with Crippen molar-refractivity contribution in [2.45, 2.75) is 117 Å². The molecule has 0 fully saturated rings. The summed E-state index contributed by atoms with van der Waals surface area (Å²) in [6.07, 6.45) is 1.94. The van der Waals surface area contributed by atoms with Crippen molar-refractivity contribution in [1.29, 1.82) is 0 Å². The van der Waals surface area contributed by atoms with E-state index in [1.54, 1.807) is 0 Å². The van der Waals surface area contributed by atoms with Gasteiger partial charge in [0, 0.05) is 51.3 Å². The molecule has 2 aromatic heterocycles. The summed E-state index contributed by atoms with van der Waals surface area (Å²) in [7, 11) is 0. The van der Waals surface area contributed by atoms with Gasteiger partial charge in [-0.05, 0) is 128 Å². The van der Waals surface area contributed by atoms with Gasteiger partial charge >= 0.3 is 0 Å². The summed E-state index contributed by atoms with van der Waals surface area (Å²) in [5, 5.41) is 2.38. The Labute approximate surface area is 422 Å². The van der Waals surface area contributed by atoms with E-state index < -0.39 is 0 Å². The highest BCUT2D eigenvalue weighted by Gasteiger charge is 2.34. The van der Waals surface area contributed by atoms with Crippen LogP contribution in [0.15, 0.2) is 176 Å². The first kappa shape index (κ1) is 47.6. The molecule has 9 aromatic rings. The number of nitrogens with zero attached hydrogens (tertiary/aromatic N) is 4. The molecule has 0 amide bonds. The molecule has 5 nitrogen and oxygen atoms in total. The van der Waals surface area contributed by atoms with E-state index in [4.69, 9.17) is 9.72 Å². The van der Waals surface area contributed by atoms with E-state index in [9.17, 15) is 0 Å². The minimum Gasteiger partial charge on any atom is -0.457 e. The molecule has 0 atom stereocenters. The average Bonchev–Trinajstić information content (AvgIpc) is 3.89. The fourth-order valence-electron chi connectivity index (χ4n) is 10.3. The van der Waals surface area contributed by atoms with Gasteiger partial charge < -0.3 is 14.5 Å². The van der Waals surface area contributed by atoms with Crippen molar-refractivity contribution in [2.75, 3.05) is 16.5 Å². The van der Waals surface area contributed by atoms with Crippen LogP contribution in [0.3, 0.4) is 0 Å². The quantitative estimate of drug-likeness (QED) is 0.144. The van der Waals surface area contributed by atoms with Gasteiger partial charge in [0.25, 0.3) is 0 Å². The van der Waals surface area contributed by atoms with E-state index >= 15 is 0 Å². The number of fused-ring (bicyclic) bond motifs is 4. The molecule has 3 heterocycles. The SMILES string of the molecule is CC(C)(C)c1cc(N2CN(c3cccc(Oc4ccc5c6cc(C(C)(C)C)ccc6n(-c6cc(C(C)(C)C)ccn6)c5c4)c3)c3ccc(C(C)(C)c4ccccc4)cc32)cc(C(C)(C)c2ccccc2)c1. The van der Waals surface area contributed by atoms with Crippen molar-refractivity contribution in [2.24, 2.45) is 0 Å². The molecule has 1 aliphatic heterocycles. The second kappa shape index (κ2) is 17.3. The monoisotopic (exact) mass is 935 g/mol. The second-order valence-electron chi connectivity index (χ2n) is 24.0. The predicted molar refractivity (Wildman–Crippen MR) is 300 cm³/mol. The third-order valence-electron chi connectivity index (χ3n) is 15.2. The maximum absolute atomic E-state index is 6.92. The fraction of sp³-hybridized carbons (Fsp3) is 0.288. The van der Waals surface area contributed by atoms with Crippen molar-refractivity contribution in [3.8, 4) is 17.3 Å². The number of aromatic nitrogens is 2. The summed E-state index contributed by atoms with van der Waals surface area (Å²) in [5.74, 6) is 2.44. The predicted octanol–water partition coefficient (Wildman–Crippen LogP) is 17.8. The zero-order valence-electron chi connectivity index (χ0n) is 44.1. The van der Waals surface area contributed by atoms with Crippen LogP contribution >= 0.6 is 0 Å². The van der Waals surface area contributed by atoms with Crippen LogP contribution < -0.4 is 14.5 Å². The van der Waals surface area contributed by atoms with E-state index in [-0.39, 0.29) is 27.1 Å². The largest absolute Gasteiger partial charge is 0.457 e. The summed E-state index contributed by atoms with van der Waals surface area (Å²) in [6.45, 7) is 30.6. The van der Waals surface area contributed by atoms with Crippen molar-refractivity contribution < 1.29 is 4.74 Å². The molecule has 0 N–H and O–H groups in total. The minimum absolute atomic E-state index is 0.00764. The van der Waals surface area contributed by atoms with Crippen LogP contribution in [0.4, 0.5) is 22.7 Å². The van der Waals surface area contributed by atoms with Gasteiger partial charge in [-0.15, -0.1) is 0 Å². The van der Waals surface area contributed by atoms with Gasteiger partial charge in [-0.2, -0.15) is 0 Å². The lowest BCUT2D eigenvalue weighted by Gasteiger charge is -2.32. The molecule has 0 saturated carbocycles. The Morgan fingerprint density at radius 3 is 1.63 bits per heavy atom. The lowest BCUT2D eigenvalue weighted by Crippen LogP contribution is -2.26. The topological polar surface area (TPSA) is 33.5 Å². The van der Waals surface area contributed by atoms with E-state index in [0.717, 1.165) is 39.7 Å². The van der Waals surface area contributed by atoms with Crippen LogP contribution in [0.5, 0.6) is 11.5 Å². The summed E-state index contributed by atoms with van der Waals surface area (Å²) in [6, 6.07) is 62.5. The Bertz CT molecular complexity index is 3430. The van der Waals surface area contributed by atoms with Gasteiger partial charge in [0.2, 0.25) is 0 Å². The number of hydrogen-bond acceptors (Lipinski definition) is 4. The Hall–Kier alpha value is -7.11. The summed E-state index contributed by atoms with van der Waals surface area (Å²) >= 11 is 0. The van der Waals surface area contributed by atoms with Crippen molar-refractivity contribution in [3.63, 3.8) is 0 Å². The first-order valence-electron chi connectivity index (χ1n) is 25.4. The van der Waals surface area contributed by atoms with Crippen LogP contribution in [-0.4, -0.2) is 16.2 Å². The molecule has 0 aliphatic carbocycles. The molecule has 5 heteroatoms. The maximum atomic E-state index is 6.92. The molecular weight excluding hydrogens is 865 g/mol. The third kappa shape index (κ3) is 8.90. The van der Waals surface area contributed by atoms with Crippen LogP contribution in [-0.2, 0) is 27.1 Å². The number of benzene rings is 7. The number of anilines is 4. The summed E-state index contributed by atoms with van der Waals surface area (Å²) in [5.41, 5.74) is 15.3. The minimum atomic E-state index is -0.220. The van der Waals surface area contributed by atoms with E-state index in [1.807, 2.05) is 6.20 Å². The highest BCUT2D eigenvalue weighted by atomic mass is 16.5. The fourth-order valence-corrected chi connectivity index (χ4v) is 10.3. The van der Waals surface area contributed by atoms with E-state index in [0.29, 0.717) is 6.67 Å². The molecule has 360 valence electrons. The Kier molecular flexibility index (Phi) is 11.6. The molecule has 71 heavy (non-hydrogen) atoms. The van der Waals surface area contributed by atoms with Crippen molar-refractivity contribution in [1.82, 2.24) is 9.55 Å². The number of ether oxygens (including phenoxy) is 1. The van der Waals surface area contributed by atoms with Crippen LogP contribution in [0.25, 0.3) is 27.6 Å². The van der Waals surface area contributed by atoms with Crippen molar-refractivity contribution >= 4 is 44.6 Å². The second-order valence-corrected chi connectivity index (χ2v) is 24.0. The third-order valence-corrected chi connectivity index (χ3v) is 15.2. The highest BCUT2D eigenvalue weighted by Crippen LogP contribution is 2.49. The van der Waals surface area contributed by atoms with Gasteiger partial charge in [-0.25, -0.2) is 4.98 Å². The molecule has 0 radical (unpaired) electrons. The van der Waals surface area contributed by atoms with E-state index in [2.05, 4.69) is 274 Å². The zero-order valence-corrected chi connectivity index (χ0v) is 44.1. The Morgan fingerprint density at radius 2 is 0.972 bits per heavy atom. The molecule has 1 aliphatic rings. The maximum Gasteiger partial charge on any atom is 0.137 e. The van der Waals surface area contributed by atoms with Gasteiger partial charge in [0.05, 0.1) is 22.4 Å². The highest BCUT2D eigenvalue weighted by molar-refractivity contribution is 6.10. The molecule has 7 aromatic carbocycles. The van der Waals surface area contributed by atoms with E-state index in [1.165, 1.54) is 61.1 Å². The Balaban J connectivity index is 1.07. The van der Waals surface area contributed by atoms with Crippen LogP contribution in [0.1, 0.15) is 129 Å². The smallest absolute Gasteiger partial charge is 0.137 e. The first-order valence-corrected chi connectivity index (χ1v) is 25.4. The molecule has 0 unspecified atom stereocenters. The summed E-state index contributed by atoms with van der Waals surface area (Å²) < 4.78 is 9.22. The lowest BCUT2D eigenvalue weighted by molar-refractivity contribution is 0.483. The number of rotatable bonds is 9. The molecule has 10 rings (SSSR count). The Morgan fingerprint density at radius 1 is 0.380 bits per heavy atom. The van der Waals surface area contributed by atoms with Crippen LogP contribution in [0.2, 0.25) is 0 Å². The van der Waals surface area contributed by atoms with Gasteiger partial charge in [0.15, 0.2) is 0 Å². The van der Waals surface area contributed by atoms with Gasteiger partial charge in [-0.3, -0.25) is 4.57 Å². The zero-order chi connectivity index (χ0) is 50.3. The standard InChI is InChI=1S/C66H70N4O/c1-62(2,3)46-27-31-57-56(38-46)55-30-29-54(42-59(55)70(57)61-40-47(33-34-67-61)63(4,5)6)71-53-26-20-25-51(41-53)68-43-69(60-39-48(28-32-58(60)68)65(10,11)44-21-16-14-17-22-44)52-36-49(64(7,8)9)35-50(37-52)66(12,13)45-23-18-15-19-24-45/h14-42H,43H2,1-13H3. The van der Waals surface area contributed by atoms with Crippen molar-refractivity contribution in [3.05, 3.63) is 215 Å². The average molecular weight is 935 g/mol. The van der Waals surface area contributed by atoms with Gasteiger partial charge in [-0.1, -0.05) is 175 Å². The first-order chi connectivity index (χ1) is 33.6. The molecule has 0 saturated heterocycles. The lowest BCUT2D eigenvalue weighted by atomic mass is 9.75. The number of pyridine rings is 1. The number of hydrogen-bond donors (Lipinski definition) is 0. The van der Waals surface area contributed by atoms with Crippen LogP contribution in [0, 0.1) is 0 Å². The molecule has 0 bridgehead atoms. The molecule has 0 spiro atoms. The van der Waals surface area contributed by atoms with Gasteiger partial charge in [0.1, 0.15) is 24.0 Å².